The van der Waals surface area contributed by atoms with Gasteiger partial charge in [-0.05, 0) is 25.5 Å². The number of carbonyl (C=O) groups excluding carboxylic acids is 1. The molecule has 0 saturated carbocycles. The number of nitro groups is 1. The van der Waals surface area contributed by atoms with Gasteiger partial charge in [-0.3, -0.25) is 14.9 Å². The average Bonchev–Trinajstić information content (AvgIpc) is 2.91. The molecule has 6 nitrogen and oxygen atoms in total. The Morgan fingerprint density at radius 1 is 1.57 bits per heavy atom. The van der Waals surface area contributed by atoms with E-state index in [9.17, 15) is 14.9 Å². The number of halogens is 1. The van der Waals surface area contributed by atoms with Crippen LogP contribution in [0.25, 0.3) is 0 Å². The number of nitro benzene ring substituents is 1. The van der Waals surface area contributed by atoms with Gasteiger partial charge in [0.1, 0.15) is 0 Å². The van der Waals surface area contributed by atoms with Crippen molar-refractivity contribution in [3.63, 3.8) is 0 Å². The Hall–Kier alpha value is -1.66. The number of nitrogens with zero attached hydrogens (tertiary/aromatic N) is 1. The Bertz CT molecular complexity index is 556. The molecule has 0 spiro atoms. The molecule has 114 valence electrons. The van der Waals surface area contributed by atoms with E-state index in [1.54, 1.807) is 0 Å². The summed E-state index contributed by atoms with van der Waals surface area (Å²) in [5.74, 6) is -0.0786. The zero-order chi connectivity index (χ0) is 15.5. The molecule has 0 aliphatic carbocycles. The summed E-state index contributed by atoms with van der Waals surface area (Å²) in [6.45, 7) is 3.52. The molecule has 1 aliphatic rings. The van der Waals surface area contributed by atoms with Crippen molar-refractivity contribution < 1.29 is 9.72 Å². The number of hydrogen-bond acceptors (Lipinski definition) is 4. The van der Waals surface area contributed by atoms with Crippen molar-refractivity contribution in [3.05, 3.63) is 33.3 Å². The number of hydrogen-bond donors (Lipinski definition) is 2. The Morgan fingerprint density at radius 3 is 2.86 bits per heavy atom. The second-order valence-electron chi connectivity index (χ2n) is 5.33. The van der Waals surface area contributed by atoms with E-state index >= 15 is 0 Å². The van der Waals surface area contributed by atoms with Gasteiger partial charge in [-0.1, -0.05) is 24.9 Å². The van der Waals surface area contributed by atoms with Gasteiger partial charge in [-0.2, -0.15) is 0 Å². The second kappa shape index (κ2) is 6.41. The first-order valence-corrected chi connectivity index (χ1v) is 7.32. The molecule has 1 aromatic rings. The lowest BCUT2D eigenvalue weighted by molar-refractivity contribution is -0.384. The first-order valence-electron chi connectivity index (χ1n) is 6.94. The predicted molar refractivity (Wildman–Crippen MR) is 81.6 cm³/mol. The highest BCUT2D eigenvalue weighted by Crippen LogP contribution is 2.34. The smallest absolute Gasteiger partial charge is 0.271 e. The normalized spacial score (nSPS) is 21.2. The fourth-order valence-corrected chi connectivity index (χ4v) is 2.94. The molecule has 1 atom stereocenters. The molecule has 1 unspecified atom stereocenters. The Labute approximate surface area is 128 Å². The molecule has 1 aromatic carbocycles. The van der Waals surface area contributed by atoms with E-state index in [2.05, 4.69) is 10.6 Å². The van der Waals surface area contributed by atoms with Crippen LogP contribution in [-0.2, 0) is 4.79 Å². The van der Waals surface area contributed by atoms with E-state index < -0.39 is 10.3 Å². The minimum absolute atomic E-state index is 0.0786. The van der Waals surface area contributed by atoms with Crippen molar-refractivity contribution >= 4 is 28.9 Å². The lowest BCUT2D eigenvalue weighted by atomic mass is 9.81. The van der Waals surface area contributed by atoms with E-state index in [-0.39, 0.29) is 16.6 Å². The summed E-state index contributed by atoms with van der Waals surface area (Å²) in [7, 11) is 0. The molecular weight excluding hydrogens is 294 g/mol. The molecule has 2 rings (SSSR count). The van der Waals surface area contributed by atoms with Gasteiger partial charge in [0.25, 0.3) is 5.69 Å². The van der Waals surface area contributed by atoms with Crippen molar-refractivity contribution in [1.29, 1.82) is 0 Å². The van der Waals surface area contributed by atoms with E-state index in [1.165, 1.54) is 18.2 Å². The van der Waals surface area contributed by atoms with Crippen LogP contribution >= 0.6 is 11.6 Å². The van der Waals surface area contributed by atoms with Crippen LogP contribution < -0.4 is 10.6 Å². The SMILES string of the molecule is CCCC1(C(=O)Nc2ccc([N+](=O)[O-])cc2Cl)CCNC1. The highest BCUT2D eigenvalue weighted by atomic mass is 35.5. The summed E-state index contributed by atoms with van der Waals surface area (Å²) in [5, 5.41) is 16.9. The van der Waals surface area contributed by atoms with Gasteiger partial charge in [-0.15, -0.1) is 0 Å². The monoisotopic (exact) mass is 311 g/mol. The lowest BCUT2D eigenvalue weighted by Crippen LogP contribution is -2.38. The maximum absolute atomic E-state index is 12.6. The van der Waals surface area contributed by atoms with Crippen LogP contribution in [0.15, 0.2) is 18.2 Å². The molecule has 21 heavy (non-hydrogen) atoms. The third-order valence-electron chi connectivity index (χ3n) is 3.87. The molecule has 0 aromatic heterocycles. The number of non-ortho nitro benzene ring substituents is 1. The summed E-state index contributed by atoms with van der Waals surface area (Å²) in [4.78, 5) is 22.7. The van der Waals surface area contributed by atoms with Crippen molar-refractivity contribution in [1.82, 2.24) is 5.32 Å². The minimum Gasteiger partial charge on any atom is -0.324 e. The quantitative estimate of drug-likeness (QED) is 0.646. The standard InChI is InChI=1S/C14H18ClN3O3/c1-2-5-14(6-7-16-9-14)13(19)17-12-4-3-10(18(20)21)8-11(12)15/h3-4,8,16H,2,5-7,9H2,1H3,(H,17,19). The largest absolute Gasteiger partial charge is 0.324 e. The number of anilines is 1. The van der Waals surface area contributed by atoms with Gasteiger partial charge in [0, 0.05) is 18.7 Å². The highest BCUT2D eigenvalue weighted by Gasteiger charge is 2.40. The molecule has 2 N–H and O–H groups in total. The van der Waals surface area contributed by atoms with Gasteiger partial charge in [0.15, 0.2) is 0 Å². The number of amides is 1. The van der Waals surface area contributed by atoms with Gasteiger partial charge >= 0.3 is 0 Å². The molecular formula is C14H18ClN3O3. The molecule has 1 fully saturated rings. The first kappa shape index (κ1) is 15.7. The van der Waals surface area contributed by atoms with Gasteiger partial charge in [-0.25, -0.2) is 0 Å². The highest BCUT2D eigenvalue weighted by molar-refractivity contribution is 6.34. The fourth-order valence-electron chi connectivity index (χ4n) is 2.72. The van der Waals surface area contributed by atoms with Crippen LogP contribution in [-0.4, -0.2) is 23.9 Å². The molecule has 0 bridgehead atoms. The van der Waals surface area contributed by atoms with Crippen LogP contribution in [0.1, 0.15) is 26.2 Å². The van der Waals surface area contributed by atoms with Crippen molar-refractivity contribution in [2.75, 3.05) is 18.4 Å². The maximum Gasteiger partial charge on any atom is 0.271 e. The summed E-state index contributed by atoms with van der Waals surface area (Å²) in [6, 6.07) is 4.05. The molecule has 1 saturated heterocycles. The number of rotatable bonds is 5. The third kappa shape index (κ3) is 3.33. The number of benzene rings is 1. The van der Waals surface area contributed by atoms with Crippen molar-refractivity contribution in [2.24, 2.45) is 5.41 Å². The fraction of sp³-hybridized carbons (Fsp3) is 0.500. The average molecular weight is 312 g/mol. The summed E-state index contributed by atoms with van der Waals surface area (Å²) in [5.41, 5.74) is -0.0988. The maximum atomic E-state index is 12.6. The zero-order valence-corrected chi connectivity index (χ0v) is 12.6. The van der Waals surface area contributed by atoms with Gasteiger partial charge < -0.3 is 10.6 Å². The van der Waals surface area contributed by atoms with Crippen LogP contribution in [0.4, 0.5) is 11.4 Å². The van der Waals surface area contributed by atoms with E-state index in [0.29, 0.717) is 12.2 Å². The third-order valence-corrected chi connectivity index (χ3v) is 4.18. The number of carbonyl (C=O) groups is 1. The molecule has 1 amide bonds. The summed E-state index contributed by atoms with van der Waals surface area (Å²) < 4.78 is 0. The van der Waals surface area contributed by atoms with Crippen LogP contribution in [0.2, 0.25) is 5.02 Å². The minimum atomic E-state index is -0.517. The van der Waals surface area contributed by atoms with Crippen molar-refractivity contribution in [2.45, 2.75) is 26.2 Å². The second-order valence-corrected chi connectivity index (χ2v) is 5.74. The molecule has 1 aliphatic heterocycles. The van der Waals surface area contributed by atoms with E-state index in [0.717, 1.165) is 25.8 Å². The first-order chi connectivity index (χ1) is 9.98. The Balaban J connectivity index is 2.17. The Kier molecular flexibility index (Phi) is 4.80. The van der Waals surface area contributed by atoms with E-state index in [4.69, 9.17) is 11.6 Å². The summed E-state index contributed by atoms with van der Waals surface area (Å²) >= 11 is 6.01. The zero-order valence-electron chi connectivity index (χ0n) is 11.8. The molecule has 1 heterocycles. The van der Waals surface area contributed by atoms with Crippen molar-refractivity contribution in [3.8, 4) is 0 Å². The predicted octanol–water partition coefficient (Wildman–Crippen LogP) is 2.97. The van der Waals surface area contributed by atoms with Gasteiger partial charge in [0.05, 0.1) is 21.0 Å². The topological polar surface area (TPSA) is 84.3 Å². The number of nitrogens with one attached hydrogen (secondary N) is 2. The summed E-state index contributed by atoms with van der Waals surface area (Å²) in [6.07, 6.45) is 2.51. The lowest BCUT2D eigenvalue weighted by Gasteiger charge is -2.26. The van der Waals surface area contributed by atoms with E-state index in [1.807, 2.05) is 6.92 Å². The van der Waals surface area contributed by atoms with Crippen LogP contribution in [0.3, 0.4) is 0 Å². The van der Waals surface area contributed by atoms with Gasteiger partial charge in [0.2, 0.25) is 5.91 Å². The van der Waals surface area contributed by atoms with Crippen LogP contribution in [0.5, 0.6) is 0 Å². The van der Waals surface area contributed by atoms with Crippen LogP contribution in [0, 0.1) is 15.5 Å². The Morgan fingerprint density at radius 2 is 2.33 bits per heavy atom. The molecule has 0 radical (unpaired) electrons. The molecule has 7 heteroatoms.